The number of aryl methyl sites for hydroxylation is 5. The molecule has 67 heavy (non-hydrogen) atoms. The van der Waals surface area contributed by atoms with E-state index in [1.807, 2.05) is 6.20 Å². The van der Waals surface area contributed by atoms with Gasteiger partial charge in [0.2, 0.25) is 5.90 Å². The molecule has 0 unspecified atom stereocenters. The van der Waals surface area contributed by atoms with Gasteiger partial charge in [0, 0.05) is 33.6 Å². The van der Waals surface area contributed by atoms with E-state index in [9.17, 15) is 0 Å². The minimum atomic E-state index is -0.302. The molecule has 1 fully saturated rings. The number of nitrogens with zero attached hydrogens (tertiary/aromatic N) is 4. The molecule has 2 atom stereocenters. The minimum Gasteiger partial charge on any atom is -0.467 e. The molecule has 1 saturated carbocycles. The third-order valence-electron chi connectivity index (χ3n) is 15.3. The zero-order chi connectivity index (χ0) is 46.5. The summed E-state index contributed by atoms with van der Waals surface area (Å²) in [4.78, 5) is 13.3. The van der Waals surface area contributed by atoms with Crippen LogP contribution in [0.2, 0.25) is 0 Å². The highest BCUT2D eigenvalue weighted by Gasteiger charge is 2.41. The molecule has 0 N–H and O–H groups in total. The van der Waals surface area contributed by atoms with Crippen LogP contribution in [0.15, 0.2) is 133 Å². The first kappa shape index (κ1) is 43.1. The Balaban J connectivity index is 1.19. The van der Waals surface area contributed by atoms with Crippen LogP contribution in [-0.2, 0) is 15.6 Å². The van der Waals surface area contributed by atoms with Crippen molar-refractivity contribution in [3.8, 4) is 16.9 Å². The van der Waals surface area contributed by atoms with Gasteiger partial charge in [0.05, 0.1) is 28.5 Å². The lowest BCUT2D eigenvalue weighted by Gasteiger charge is -2.42. The van der Waals surface area contributed by atoms with Crippen molar-refractivity contribution in [3.63, 3.8) is 0 Å². The SMILES string of the molecule is Cc1cc(C)c(-c2cc(C3=N[C@H](C4CCCCC4)[C@@H](c4ccccc4)O3)cc(N3c4ccc(C)cc4C(C)(C)c4cc5c6cc(C)ccc6n(-c6cc(C(C)(C)C)ccn6)c5cc43)c2)c(C)c1. The van der Waals surface area contributed by atoms with Gasteiger partial charge in [0.1, 0.15) is 11.9 Å². The average molecular weight is 881 g/mol. The summed E-state index contributed by atoms with van der Waals surface area (Å²) in [6, 6.07) is 45.9. The van der Waals surface area contributed by atoms with Crippen LogP contribution in [0.1, 0.15) is 128 Å². The summed E-state index contributed by atoms with van der Waals surface area (Å²) in [5.41, 5.74) is 20.2. The number of pyridine rings is 1. The van der Waals surface area contributed by atoms with E-state index in [4.69, 9.17) is 14.7 Å². The summed E-state index contributed by atoms with van der Waals surface area (Å²) in [7, 11) is 0. The summed E-state index contributed by atoms with van der Waals surface area (Å²) in [6.07, 6.45) is 8.05. The maximum Gasteiger partial charge on any atom is 0.217 e. The highest BCUT2D eigenvalue weighted by Crippen LogP contribution is 2.55. The van der Waals surface area contributed by atoms with E-state index in [-0.39, 0.29) is 23.0 Å². The Kier molecular flexibility index (Phi) is 10.4. The molecule has 2 aliphatic heterocycles. The molecule has 0 radical (unpaired) electrons. The van der Waals surface area contributed by atoms with Gasteiger partial charge in [0.25, 0.3) is 0 Å². The van der Waals surface area contributed by atoms with Crippen molar-refractivity contribution in [1.82, 2.24) is 9.55 Å². The van der Waals surface area contributed by atoms with Crippen LogP contribution >= 0.6 is 0 Å². The lowest BCUT2D eigenvalue weighted by atomic mass is 9.72. The van der Waals surface area contributed by atoms with Gasteiger partial charge in [-0.15, -0.1) is 0 Å². The van der Waals surface area contributed by atoms with Crippen LogP contribution in [0.4, 0.5) is 17.1 Å². The molecule has 0 spiro atoms. The van der Waals surface area contributed by atoms with Gasteiger partial charge in [0.15, 0.2) is 0 Å². The smallest absolute Gasteiger partial charge is 0.217 e. The molecule has 6 aromatic carbocycles. The summed E-state index contributed by atoms with van der Waals surface area (Å²) in [6.45, 7) is 22.8. The zero-order valence-electron chi connectivity index (χ0n) is 41.1. The number of hydrogen-bond acceptors (Lipinski definition) is 4. The second-order valence-electron chi connectivity index (χ2n) is 21.7. The Morgan fingerprint density at radius 3 is 2.06 bits per heavy atom. The summed E-state index contributed by atoms with van der Waals surface area (Å²) in [5, 5.41) is 2.48. The molecular weight excluding hydrogens is 817 g/mol. The number of benzene rings is 6. The second kappa shape index (κ2) is 16.1. The first-order chi connectivity index (χ1) is 32.1. The molecule has 0 saturated heterocycles. The van der Waals surface area contributed by atoms with Crippen molar-refractivity contribution >= 4 is 44.8 Å². The van der Waals surface area contributed by atoms with Crippen LogP contribution in [0.5, 0.6) is 0 Å². The molecule has 338 valence electrons. The molecule has 5 heteroatoms. The van der Waals surface area contributed by atoms with E-state index in [2.05, 4.69) is 200 Å². The number of fused-ring (bicyclic) bond motifs is 5. The van der Waals surface area contributed by atoms with E-state index in [1.165, 1.54) is 115 Å². The summed E-state index contributed by atoms with van der Waals surface area (Å²) >= 11 is 0. The van der Waals surface area contributed by atoms with Crippen molar-refractivity contribution in [2.45, 2.75) is 124 Å². The Labute approximate surface area is 397 Å². The topological polar surface area (TPSA) is 42.6 Å². The second-order valence-corrected chi connectivity index (χ2v) is 21.7. The van der Waals surface area contributed by atoms with Gasteiger partial charge in [-0.25, -0.2) is 9.98 Å². The molecule has 3 aliphatic rings. The standard InChI is InChI=1S/C62H64N4O/c1-37-21-23-52-48(29-37)49-35-51-55(36-54(49)66(52)56-34-46(25-26-63-56)61(6,7)8)65(53-24-22-38(2)30-50(53)62(51,9)10)47-32-44(57-40(4)27-39(3)28-41(57)5)31-45(33-47)60-64-58(42-17-13-11-14-18-42)59(67-60)43-19-15-12-16-20-43/h12,15-16,19-36,42,58-59H,11,13-14,17-18H2,1-10H3/t58-,59-/m1/s1. The third kappa shape index (κ3) is 7.37. The highest BCUT2D eigenvalue weighted by molar-refractivity contribution is 6.12. The Bertz CT molecular complexity index is 3260. The van der Waals surface area contributed by atoms with Crippen molar-refractivity contribution in [2.75, 3.05) is 4.90 Å². The third-order valence-corrected chi connectivity index (χ3v) is 15.3. The number of aromatic nitrogens is 2. The molecule has 2 aromatic heterocycles. The highest BCUT2D eigenvalue weighted by atomic mass is 16.5. The van der Waals surface area contributed by atoms with Crippen LogP contribution in [-0.4, -0.2) is 21.5 Å². The van der Waals surface area contributed by atoms with Crippen molar-refractivity contribution in [2.24, 2.45) is 10.9 Å². The lowest BCUT2D eigenvalue weighted by Crippen LogP contribution is -2.31. The predicted octanol–water partition coefficient (Wildman–Crippen LogP) is 16.3. The Morgan fingerprint density at radius 2 is 1.31 bits per heavy atom. The van der Waals surface area contributed by atoms with Gasteiger partial charge >= 0.3 is 0 Å². The zero-order valence-corrected chi connectivity index (χ0v) is 41.1. The van der Waals surface area contributed by atoms with Gasteiger partial charge in [-0.1, -0.05) is 131 Å². The Morgan fingerprint density at radius 1 is 0.627 bits per heavy atom. The maximum atomic E-state index is 7.22. The van der Waals surface area contributed by atoms with E-state index in [1.54, 1.807) is 0 Å². The lowest BCUT2D eigenvalue weighted by molar-refractivity contribution is 0.150. The molecule has 11 rings (SSSR count). The van der Waals surface area contributed by atoms with Gasteiger partial charge in [-0.2, -0.15) is 0 Å². The number of aliphatic imine (C=N–C) groups is 1. The first-order valence-corrected chi connectivity index (χ1v) is 24.6. The number of anilines is 3. The van der Waals surface area contributed by atoms with Crippen molar-refractivity contribution in [3.05, 3.63) is 183 Å². The van der Waals surface area contributed by atoms with Gasteiger partial charge < -0.3 is 9.64 Å². The predicted molar refractivity (Wildman–Crippen MR) is 280 cm³/mol. The molecule has 4 heterocycles. The number of ether oxygens (including phenoxy) is 1. The van der Waals surface area contributed by atoms with Crippen molar-refractivity contribution in [1.29, 1.82) is 0 Å². The average Bonchev–Trinajstić information content (AvgIpc) is 3.89. The molecule has 5 nitrogen and oxygen atoms in total. The number of hydrogen-bond donors (Lipinski definition) is 0. The monoisotopic (exact) mass is 881 g/mol. The normalized spacial score (nSPS) is 18.2. The Hall–Kier alpha value is -6.46. The quantitative estimate of drug-likeness (QED) is 0.167. The van der Waals surface area contributed by atoms with Crippen LogP contribution in [0.25, 0.3) is 38.8 Å². The van der Waals surface area contributed by atoms with E-state index in [0.717, 1.165) is 34.0 Å². The number of rotatable bonds is 6. The molecule has 8 aromatic rings. The summed E-state index contributed by atoms with van der Waals surface area (Å²) < 4.78 is 9.62. The van der Waals surface area contributed by atoms with Gasteiger partial charge in [-0.05, 0) is 164 Å². The van der Waals surface area contributed by atoms with Crippen LogP contribution in [0.3, 0.4) is 0 Å². The first-order valence-electron chi connectivity index (χ1n) is 24.6. The van der Waals surface area contributed by atoms with Gasteiger partial charge in [-0.3, -0.25) is 4.57 Å². The van der Waals surface area contributed by atoms with E-state index < -0.39 is 0 Å². The fraction of sp³-hybridized carbons (Fsp3) is 0.323. The molecule has 0 bridgehead atoms. The van der Waals surface area contributed by atoms with E-state index >= 15 is 0 Å². The van der Waals surface area contributed by atoms with E-state index in [0.29, 0.717) is 5.92 Å². The van der Waals surface area contributed by atoms with Crippen molar-refractivity contribution < 1.29 is 4.74 Å². The molecular formula is C62H64N4O. The molecule has 0 amide bonds. The molecule has 1 aliphatic carbocycles. The minimum absolute atomic E-state index is 0.0311. The maximum absolute atomic E-state index is 7.22. The van der Waals surface area contributed by atoms with Crippen LogP contribution < -0.4 is 4.90 Å². The summed E-state index contributed by atoms with van der Waals surface area (Å²) in [5.74, 6) is 2.16. The fourth-order valence-electron chi connectivity index (χ4n) is 12.0. The van der Waals surface area contributed by atoms with Crippen LogP contribution in [0, 0.1) is 40.5 Å². The largest absolute Gasteiger partial charge is 0.467 e. The fourth-order valence-corrected chi connectivity index (χ4v) is 12.0.